The molecule has 2 unspecified atom stereocenters. The summed E-state index contributed by atoms with van der Waals surface area (Å²) in [5, 5.41) is 5.36. The predicted octanol–water partition coefficient (Wildman–Crippen LogP) is 2.80. The maximum absolute atomic E-state index is 11.3. The summed E-state index contributed by atoms with van der Waals surface area (Å²) in [6, 6.07) is 2.18. The molecule has 0 amide bonds. The summed E-state index contributed by atoms with van der Waals surface area (Å²) in [7, 11) is 1.42. The van der Waals surface area contributed by atoms with Gasteiger partial charge in [0.05, 0.1) is 13.0 Å². The van der Waals surface area contributed by atoms with Gasteiger partial charge in [-0.1, -0.05) is 6.92 Å². The molecule has 1 aromatic rings. The van der Waals surface area contributed by atoms with E-state index >= 15 is 0 Å². The normalized spacial score (nSPS) is 14.5. The van der Waals surface area contributed by atoms with Crippen LogP contribution in [0.15, 0.2) is 15.9 Å². The van der Waals surface area contributed by atoms with Gasteiger partial charge in [-0.2, -0.15) is 0 Å². The number of nitrogens with one attached hydrogen (secondary N) is 1. The number of hydrogen-bond acceptors (Lipinski definition) is 4. The van der Waals surface area contributed by atoms with Crippen LogP contribution in [0.4, 0.5) is 0 Å². The van der Waals surface area contributed by atoms with Gasteiger partial charge >= 0.3 is 5.97 Å². The maximum atomic E-state index is 11.3. The van der Waals surface area contributed by atoms with Crippen molar-refractivity contribution in [2.45, 2.75) is 26.4 Å². The fraction of sp³-hybridized carbons (Fsp3) is 0.545. The number of halogens is 1. The molecule has 16 heavy (non-hydrogen) atoms. The Morgan fingerprint density at radius 1 is 1.62 bits per heavy atom. The third kappa shape index (κ3) is 3.88. The first-order valence-electron chi connectivity index (χ1n) is 5.08. The van der Waals surface area contributed by atoms with Crippen LogP contribution in [-0.2, 0) is 16.1 Å². The largest absolute Gasteiger partial charge is 0.469 e. The van der Waals surface area contributed by atoms with Crippen LogP contribution in [0, 0.1) is 5.92 Å². The summed E-state index contributed by atoms with van der Waals surface area (Å²) < 4.78 is 5.81. The summed E-state index contributed by atoms with van der Waals surface area (Å²) >= 11 is 5.10. The quantitative estimate of drug-likeness (QED) is 0.850. The highest BCUT2D eigenvalue weighted by Gasteiger charge is 2.20. The monoisotopic (exact) mass is 305 g/mol. The van der Waals surface area contributed by atoms with Crippen molar-refractivity contribution in [3.05, 3.63) is 20.8 Å². The smallest absolute Gasteiger partial charge is 0.309 e. The first-order valence-corrected chi connectivity index (χ1v) is 6.76. The van der Waals surface area contributed by atoms with Crippen LogP contribution < -0.4 is 5.32 Å². The SMILES string of the molecule is COC(=O)C(C)C(C)NCc1cc(Br)cs1. The van der Waals surface area contributed by atoms with E-state index in [1.54, 1.807) is 11.3 Å². The molecular weight excluding hydrogens is 290 g/mol. The van der Waals surface area contributed by atoms with Crippen LogP contribution in [0.3, 0.4) is 0 Å². The van der Waals surface area contributed by atoms with E-state index in [1.165, 1.54) is 12.0 Å². The molecule has 0 aromatic carbocycles. The fourth-order valence-corrected chi connectivity index (χ4v) is 2.68. The molecule has 1 heterocycles. The summed E-state index contributed by atoms with van der Waals surface area (Å²) in [5.74, 6) is -0.305. The highest BCUT2D eigenvalue weighted by atomic mass is 79.9. The minimum Gasteiger partial charge on any atom is -0.469 e. The number of thiophene rings is 1. The van der Waals surface area contributed by atoms with Gasteiger partial charge < -0.3 is 10.1 Å². The van der Waals surface area contributed by atoms with Crippen molar-refractivity contribution in [1.82, 2.24) is 5.32 Å². The Morgan fingerprint density at radius 3 is 2.81 bits per heavy atom. The second-order valence-corrected chi connectivity index (χ2v) is 5.62. The molecular formula is C11H16BrNO2S. The van der Waals surface area contributed by atoms with E-state index in [9.17, 15) is 4.79 Å². The van der Waals surface area contributed by atoms with E-state index in [0.29, 0.717) is 0 Å². The van der Waals surface area contributed by atoms with Crippen LogP contribution in [0.25, 0.3) is 0 Å². The van der Waals surface area contributed by atoms with Crippen molar-refractivity contribution in [2.75, 3.05) is 7.11 Å². The van der Waals surface area contributed by atoms with Crippen LogP contribution in [0.2, 0.25) is 0 Å². The minimum atomic E-state index is -0.174. The van der Waals surface area contributed by atoms with E-state index in [0.717, 1.165) is 11.0 Å². The standard InChI is InChI=1S/C11H16BrNO2S/c1-7(11(14)15-3)8(2)13-5-10-4-9(12)6-16-10/h4,6-8,13H,5H2,1-3H3. The van der Waals surface area contributed by atoms with Gasteiger partial charge in [0.1, 0.15) is 0 Å². The minimum absolute atomic E-state index is 0.105. The number of carbonyl (C=O) groups is 1. The number of carbonyl (C=O) groups excluding carboxylic acids is 1. The van der Waals surface area contributed by atoms with Gasteiger partial charge in [-0.3, -0.25) is 4.79 Å². The molecule has 2 atom stereocenters. The van der Waals surface area contributed by atoms with Gasteiger partial charge in [0.15, 0.2) is 0 Å². The zero-order chi connectivity index (χ0) is 12.1. The van der Waals surface area contributed by atoms with Gasteiger partial charge in [-0.25, -0.2) is 0 Å². The molecule has 0 aliphatic rings. The van der Waals surface area contributed by atoms with Crippen LogP contribution in [0.5, 0.6) is 0 Å². The Balaban J connectivity index is 2.40. The maximum Gasteiger partial charge on any atom is 0.309 e. The molecule has 0 radical (unpaired) electrons. The molecule has 0 saturated heterocycles. The molecule has 0 spiro atoms. The lowest BCUT2D eigenvalue weighted by Gasteiger charge is -2.18. The van der Waals surface area contributed by atoms with Crippen LogP contribution in [0.1, 0.15) is 18.7 Å². The first-order chi connectivity index (χ1) is 7.54. The van der Waals surface area contributed by atoms with Gasteiger partial charge in [0, 0.05) is 27.3 Å². The molecule has 3 nitrogen and oxygen atoms in total. The summed E-state index contributed by atoms with van der Waals surface area (Å²) in [4.78, 5) is 12.5. The van der Waals surface area contributed by atoms with Gasteiger partial charge in [0.25, 0.3) is 0 Å². The van der Waals surface area contributed by atoms with Crippen LogP contribution >= 0.6 is 27.3 Å². The first kappa shape index (κ1) is 13.7. The van der Waals surface area contributed by atoms with Crippen molar-refractivity contribution >= 4 is 33.2 Å². The van der Waals surface area contributed by atoms with Gasteiger partial charge in [-0.15, -0.1) is 11.3 Å². The van der Waals surface area contributed by atoms with E-state index in [4.69, 9.17) is 4.74 Å². The molecule has 1 N–H and O–H groups in total. The lowest BCUT2D eigenvalue weighted by atomic mass is 10.0. The molecule has 5 heteroatoms. The van der Waals surface area contributed by atoms with E-state index in [2.05, 4.69) is 27.3 Å². The summed E-state index contributed by atoms with van der Waals surface area (Å²) in [5.41, 5.74) is 0. The second kappa shape index (κ2) is 6.37. The fourth-order valence-electron chi connectivity index (χ4n) is 1.27. The summed E-state index contributed by atoms with van der Waals surface area (Å²) in [6.45, 7) is 4.64. The highest BCUT2D eigenvalue weighted by molar-refractivity contribution is 9.10. The van der Waals surface area contributed by atoms with Crippen molar-refractivity contribution in [3.63, 3.8) is 0 Å². The average Bonchev–Trinajstić information content (AvgIpc) is 2.69. The number of esters is 1. The number of rotatable bonds is 5. The molecule has 0 fully saturated rings. The zero-order valence-corrected chi connectivity index (χ0v) is 12.0. The lowest BCUT2D eigenvalue weighted by molar-refractivity contribution is -0.145. The molecule has 1 aromatic heterocycles. The summed E-state index contributed by atoms with van der Waals surface area (Å²) in [6.07, 6.45) is 0. The van der Waals surface area contributed by atoms with Gasteiger partial charge in [-0.05, 0) is 28.9 Å². The van der Waals surface area contributed by atoms with E-state index in [-0.39, 0.29) is 17.9 Å². The third-order valence-corrected chi connectivity index (χ3v) is 4.24. The predicted molar refractivity (Wildman–Crippen MR) is 69.5 cm³/mol. The molecule has 0 aliphatic carbocycles. The van der Waals surface area contributed by atoms with Crippen molar-refractivity contribution < 1.29 is 9.53 Å². The Morgan fingerprint density at radius 2 is 2.31 bits per heavy atom. The van der Waals surface area contributed by atoms with Crippen molar-refractivity contribution in [1.29, 1.82) is 0 Å². The Labute approximate surface area is 108 Å². The van der Waals surface area contributed by atoms with E-state index < -0.39 is 0 Å². The second-order valence-electron chi connectivity index (χ2n) is 3.71. The molecule has 90 valence electrons. The average molecular weight is 306 g/mol. The number of hydrogen-bond donors (Lipinski definition) is 1. The van der Waals surface area contributed by atoms with Gasteiger partial charge in [0.2, 0.25) is 0 Å². The highest BCUT2D eigenvalue weighted by Crippen LogP contribution is 2.19. The van der Waals surface area contributed by atoms with Crippen molar-refractivity contribution in [3.8, 4) is 0 Å². The number of ether oxygens (including phenoxy) is 1. The molecule has 1 rings (SSSR count). The van der Waals surface area contributed by atoms with E-state index in [1.807, 2.05) is 19.2 Å². The molecule has 0 saturated carbocycles. The number of methoxy groups -OCH3 is 1. The van der Waals surface area contributed by atoms with Crippen molar-refractivity contribution in [2.24, 2.45) is 5.92 Å². The molecule has 0 bridgehead atoms. The third-order valence-electron chi connectivity index (χ3n) is 2.54. The lowest BCUT2D eigenvalue weighted by Crippen LogP contribution is -2.36. The topological polar surface area (TPSA) is 38.3 Å². The molecule has 0 aliphatic heterocycles. The zero-order valence-electron chi connectivity index (χ0n) is 9.62. The van der Waals surface area contributed by atoms with Crippen LogP contribution in [-0.4, -0.2) is 19.1 Å². The Hall–Kier alpha value is -0.390. The Kier molecular flexibility index (Phi) is 5.44. The Bertz CT molecular complexity index is 354.